The minimum Gasteiger partial charge on any atom is -0.480 e. The number of carboxylic acids is 1. The maximum atomic E-state index is 10.4. The summed E-state index contributed by atoms with van der Waals surface area (Å²) in [5.74, 6) is -0.209. The van der Waals surface area contributed by atoms with Gasteiger partial charge in [-0.2, -0.15) is 0 Å². The van der Waals surface area contributed by atoms with E-state index in [1.165, 1.54) is 0 Å². The third kappa shape index (κ3) is 2.96. The van der Waals surface area contributed by atoms with Crippen LogP contribution in [0.5, 0.6) is 0 Å². The number of nitrogens with two attached hydrogens (primary N) is 1. The Morgan fingerprint density at radius 3 is 2.57 bits per heavy atom. The highest BCUT2D eigenvalue weighted by Crippen LogP contribution is 2.33. The maximum Gasteiger partial charge on any atom is 0.329 e. The second-order valence-corrected chi connectivity index (χ2v) is 4.25. The van der Waals surface area contributed by atoms with Crippen molar-refractivity contribution in [2.24, 2.45) is 11.7 Å². The molecule has 0 aliphatic heterocycles. The highest BCUT2D eigenvalue weighted by molar-refractivity contribution is 5.68. The highest BCUT2D eigenvalue weighted by Gasteiger charge is 2.34. The molecule has 0 aromatic rings. The standard InChI is InChI=1S/C10H19NO3/c1-8-2-4-10(7-11,5-3-8)14-6-9(12)13/h8H,2-7,11H2,1H3,(H,12,13). The zero-order valence-electron chi connectivity index (χ0n) is 8.66. The van der Waals surface area contributed by atoms with Crippen LogP contribution in [0.25, 0.3) is 0 Å². The van der Waals surface area contributed by atoms with E-state index in [9.17, 15) is 4.79 Å². The fourth-order valence-corrected chi connectivity index (χ4v) is 1.91. The molecule has 0 spiro atoms. The molecular formula is C10H19NO3. The Hall–Kier alpha value is -0.610. The average Bonchev–Trinajstić information content (AvgIpc) is 2.18. The lowest BCUT2D eigenvalue weighted by molar-refractivity contribution is -0.152. The molecule has 0 saturated heterocycles. The number of ether oxygens (including phenoxy) is 1. The molecule has 1 saturated carbocycles. The predicted octanol–water partition coefficient (Wildman–Crippen LogP) is 0.995. The zero-order valence-corrected chi connectivity index (χ0v) is 8.66. The van der Waals surface area contributed by atoms with Crippen molar-refractivity contribution in [3.63, 3.8) is 0 Å². The molecule has 0 radical (unpaired) electrons. The van der Waals surface area contributed by atoms with Gasteiger partial charge in [-0.25, -0.2) is 4.79 Å². The Kier molecular flexibility index (Phi) is 3.89. The molecule has 0 heterocycles. The van der Waals surface area contributed by atoms with Gasteiger partial charge in [0.25, 0.3) is 0 Å². The Labute approximate surface area is 84.4 Å². The van der Waals surface area contributed by atoms with Gasteiger partial charge in [-0.05, 0) is 31.6 Å². The third-order valence-corrected chi connectivity index (χ3v) is 3.06. The summed E-state index contributed by atoms with van der Waals surface area (Å²) in [5, 5.41) is 8.54. The van der Waals surface area contributed by atoms with Crippen molar-refractivity contribution >= 4 is 5.97 Å². The molecule has 0 aromatic carbocycles. The van der Waals surface area contributed by atoms with Crippen molar-refractivity contribution in [1.82, 2.24) is 0 Å². The van der Waals surface area contributed by atoms with E-state index in [0.717, 1.165) is 25.7 Å². The van der Waals surface area contributed by atoms with Crippen LogP contribution >= 0.6 is 0 Å². The van der Waals surface area contributed by atoms with Crippen molar-refractivity contribution < 1.29 is 14.6 Å². The molecule has 1 aliphatic rings. The second kappa shape index (κ2) is 4.75. The van der Waals surface area contributed by atoms with E-state index in [-0.39, 0.29) is 12.2 Å². The van der Waals surface area contributed by atoms with Gasteiger partial charge in [0.05, 0.1) is 5.60 Å². The minimum atomic E-state index is -0.920. The van der Waals surface area contributed by atoms with Crippen molar-refractivity contribution in [2.75, 3.05) is 13.2 Å². The summed E-state index contributed by atoms with van der Waals surface area (Å²) in [6.07, 6.45) is 3.93. The summed E-state index contributed by atoms with van der Waals surface area (Å²) in [6.45, 7) is 2.40. The molecule has 0 unspecified atom stereocenters. The van der Waals surface area contributed by atoms with Crippen LogP contribution in [0.2, 0.25) is 0 Å². The predicted molar refractivity (Wildman–Crippen MR) is 53.0 cm³/mol. The summed E-state index contributed by atoms with van der Waals surface area (Å²) >= 11 is 0. The van der Waals surface area contributed by atoms with Gasteiger partial charge in [-0.3, -0.25) is 0 Å². The molecule has 14 heavy (non-hydrogen) atoms. The first-order valence-corrected chi connectivity index (χ1v) is 5.14. The maximum absolute atomic E-state index is 10.4. The Balaban J connectivity index is 2.45. The molecule has 4 nitrogen and oxygen atoms in total. The van der Waals surface area contributed by atoms with Gasteiger partial charge in [0.15, 0.2) is 0 Å². The van der Waals surface area contributed by atoms with Crippen LogP contribution in [0.4, 0.5) is 0 Å². The van der Waals surface area contributed by atoms with Crippen LogP contribution in [-0.4, -0.2) is 29.8 Å². The van der Waals surface area contributed by atoms with Gasteiger partial charge in [0, 0.05) is 6.54 Å². The summed E-state index contributed by atoms with van der Waals surface area (Å²) in [6, 6.07) is 0. The van der Waals surface area contributed by atoms with E-state index < -0.39 is 5.97 Å². The smallest absolute Gasteiger partial charge is 0.329 e. The number of carboxylic acid groups (broad SMARTS) is 1. The number of hydrogen-bond acceptors (Lipinski definition) is 3. The number of hydrogen-bond donors (Lipinski definition) is 2. The van der Waals surface area contributed by atoms with Crippen LogP contribution in [0.15, 0.2) is 0 Å². The Bertz CT molecular complexity index is 198. The van der Waals surface area contributed by atoms with E-state index in [1.807, 2.05) is 0 Å². The van der Waals surface area contributed by atoms with Crippen LogP contribution < -0.4 is 5.73 Å². The lowest BCUT2D eigenvalue weighted by Gasteiger charge is -2.37. The minimum absolute atomic E-state index is 0.231. The molecule has 3 N–H and O–H groups in total. The van der Waals surface area contributed by atoms with Gasteiger partial charge in [-0.1, -0.05) is 6.92 Å². The molecular weight excluding hydrogens is 182 g/mol. The third-order valence-electron chi connectivity index (χ3n) is 3.06. The van der Waals surface area contributed by atoms with Crippen LogP contribution in [0.3, 0.4) is 0 Å². The second-order valence-electron chi connectivity index (χ2n) is 4.25. The lowest BCUT2D eigenvalue weighted by atomic mass is 9.79. The largest absolute Gasteiger partial charge is 0.480 e. The van der Waals surface area contributed by atoms with Gasteiger partial charge in [0.1, 0.15) is 6.61 Å². The van der Waals surface area contributed by atoms with Crippen molar-refractivity contribution in [3.05, 3.63) is 0 Å². The molecule has 1 fully saturated rings. The van der Waals surface area contributed by atoms with E-state index in [2.05, 4.69) is 6.92 Å². The first-order chi connectivity index (χ1) is 6.58. The topological polar surface area (TPSA) is 72.5 Å². The highest BCUT2D eigenvalue weighted by atomic mass is 16.5. The fraction of sp³-hybridized carbons (Fsp3) is 0.900. The molecule has 1 rings (SSSR count). The van der Waals surface area contributed by atoms with E-state index >= 15 is 0 Å². The van der Waals surface area contributed by atoms with Crippen molar-refractivity contribution in [3.8, 4) is 0 Å². The van der Waals surface area contributed by atoms with Gasteiger partial charge < -0.3 is 15.6 Å². The summed E-state index contributed by atoms with van der Waals surface area (Å²) in [4.78, 5) is 10.4. The van der Waals surface area contributed by atoms with Crippen LogP contribution in [0.1, 0.15) is 32.6 Å². The van der Waals surface area contributed by atoms with Crippen LogP contribution in [-0.2, 0) is 9.53 Å². The summed E-state index contributed by atoms with van der Waals surface area (Å²) in [7, 11) is 0. The Morgan fingerprint density at radius 2 is 2.14 bits per heavy atom. The average molecular weight is 201 g/mol. The molecule has 4 heteroatoms. The summed E-state index contributed by atoms with van der Waals surface area (Å²) in [5.41, 5.74) is 5.28. The molecule has 0 aromatic heterocycles. The Morgan fingerprint density at radius 1 is 1.57 bits per heavy atom. The molecule has 0 atom stereocenters. The molecule has 0 amide bonds. The lowest BCUT2D eigenvalue weighted by Crippen LogP contribution is -2.44. The van der Waals surface area contributed by atoms with E-state index in [0.29, 0.717) is 12.5 Å². The fourth-order valence-electron chi connectivity index (χ4n) is 1.91. The van der Waals surface area contributed by atoms with Crippen LogP contribution in [0, 0.1) is 5.92 Å². The van der Waals surface area contributed by atoms with Crippen molar-refractivity contribution in [1.29, 1.82) is 0 Å². The van der Waals surface area contributed by atoms with E-state index in [4.69, 9.17) is 15.6 Å². The van der Waals surface area contributed by atoms with Gasteiger partial charge in [-0.15, -0.1) is 0 Å². The quantitative estimate of drug-likeness (QED) is 0.711. The monoisotopic (exact) mass is 201 g/mol. The first-order valence-electron chi connectivity index (χ1n) is 5.14. The van der Waals surface area contributed by atoms with Gasteiger partial charge in [0.2, 0.25) is 0 Å². The van der Waals surface area contributed by atoms with E-state index in [1.54, 1.807) is 0 Å². The van der Waals surface area contributed by atoms with Crippen molar-refractivity contribution in [2.45, 2.75) is 38.2 Å². The number of carbonyl (C=O) groups is 1. The molecule has 1 aliphatic carbocycles. The summed E-state index contributed by atoms with van der Waals surface area (Å²) < 4.78 is 5.40. The normalized spacial score (nSPS) is 32.9. The SMILES string of the molecule is CC1CCC(CN)(OCC(=O)O)CC1. The zero-order chi connectivity index (χ0) is 10.6. The number of aliphatic carboxylic acids is 1. The first kappa shape index (κ1) is 11.5. The molecule has 82 valence electrons. The number of rotatable bonds is 4. The van der Waals surface area contributed by atoms with Gasteiger partial charge >= 0.3 is 5.97 Å². The molecule has 0 bridgehead atoms.